The van der Waals surface area contributed by atoms with Gasteiger partial charge in [-0.2, -0.15) is 5.10 Å². The number of hydrogen-bond acceptors (Lipinski definition) is 5. The molecule has 2 aromatic rings. The van der Waals surface area contributed by atoms with Crippen LogP contribution in [0.25, 0.3) is 0 Å². The van der Waals surface area contributed by atoms with E-state index in [4.69, 9.17) is 11.6 Å². The second kappa shape index (κ2) is 7.88. The number of hydrogen-bond donors (Lipinski definition) is 1. The highest BCUT2D eigenvalue weighted by Gasteiger charge is 2.32. The molecule has 2 heterocycles. The van der Waals surface area contributed by atoms with Gasteiger partial charge >= 0.3 is 0 Å². The first-order valence-electron chi connectivity index (χ1n) is 8.47. The molecule has 0 bridgehead atoms. The number of nitrogens with zero attached hydrogens (tertiary/aromatic N) is 4. The second-order valence-electron chi connectivity index (χ2n) is 6.47. The van der Waals surface area contributed by atoms with Crippen molar-refractivity contribution in [3.05, 3.63) is 57.5 Å². The number of carbonyl (C=O) groups is 1. The molecule has 26 heavy (non-hydrogen) atoms. The summed E-state index contributed by atoms with van der Waals surface area (Å²) in [5.41, 5.74) is 1.22. The fraction of sp³-hybridized carbons (Fsp3) is 0.389. The van der Waals surface area contributed by atoms with E-state index in [2.05, 4.69) is 15.1 Å². The van der Waals surface area contributed by atoms with Gasteiger partial charge in [0.05, 0.1) is 11.9 Å². The number of amides is 1. The normalized spacial score (nSPS) is 16.3. The number of piperazine rings is 1. The minimum atomic E-state index is -0.392. The molecule has 1 aromatic heterocycles. The van der Waals surface area contributed by atoms with Gasteiger partial charge in [0.2, 0.25) is 5.91 Å². The molecule has 1 amide bonds. The van der Waals surface area contributed by atoms with Gasteiger partial charge in [-0.15, -0.1) is 0 Å². The van der Waals surface area contributed by atoms with Gasteiger partial charge in [0.1, 0.15) is 11.1 Å². The maximum absolute atomic E-state index is 12.8. The number of aromatic nitrogens is 2. The van der Waals surface area contributed by atoms with Crippen molar-refractivity contribution >= 4 is 23.2 Å². The molecular weight excluding hydrogens is 354 g/mol. The molecule has 1 N–H and O–H groups in total. The number of anilines is 1. The van der Waals surface area contributed by atoms with Crippen LogP contribution in [0.1, 0.15) is 11.6 Å². The molecule has 7 nitrogen and oxygen atoms in total. The topological polar surface area (TPSA) is 72.5 Å². The average molecular weight is 376 g/mol. The highest BCUT2D eigenvalue weighted by molar-refractivity contribution is 6.33. The number of rotatable bonds is 4. The lowest BCUT2D eigenvalue weighted by Gasteiger charge is -2.40. The van der Waals surface area contributed by atoms with Crippen LogP contribution < -0.4 is 10.5 Å². The summed E-state index contributed by atoms with van der Waals surface area (Å²) in [5.74, 6) is 0.0560. The summed E-state index contributed by atoms with van der Waals surface area (Å²) < 4.78 is 0. The van der Waals surface area contributed by atoms with Crippen molar-refractivity contribution in [1.29, 1.82) is 0 Å². The van der Waals surface area contributed by atoms with Crippen LogP contribution in [-0.4, -0.2) is 66.2 Å². The third-order valence-corrected chi connectivity index (χ3v) is 4.95. The summed E-state index contributed by atoms with van der Waals surface area (Å²) in [6.45, 7) is 2.69. The van der Waals surface area contributed by atoms with Crippen LogP contribution in [0, 0.1) is 0 Å². The Balaban J connectivity index is 1.79. The van der Waals surface area contributed by atoms with Crippen molar-refractivity contribution < 1.29 is 4.79 Å². The van der Waals surface area contributed by atoms with Gasteiger partial charge in [-0.05, 0) is 5.56 Å². The lowest BCUT2D eigenvalue weighted by atomic mass is 10.0. The van der Waals surface area contributed by atoms with E-state index in [0.717, 1.165) is 5.56 Å². The third-order valence-electron chi connectivity index (χ3n) is 4.59. The minimum Gasteiger partial charge on any atom is -0.366 e. The van der Waals surface area contributed by atoms with Crippen LogP contribution >= 0.6 is 11.6 Å². The number of likely N-dealkylation sites (N-methyl/N-ethyl adjacent to an activating group) is 1. The number of halogens is 1. The van der Waals surface area contributed by atoms with E-state index in [1.54, 1.807) is 25.2 Å². The van der Waals surface area contributed by atoms with Crippen LogP contribution in [0.15, 0.2) is 41.3 Å². The Morgan fingerprint density at radius 1 is 1.19 bits per heavy atom. The number of aromatic amines is 1. The fourth-order valence-corrected chi connectivity index (χ4v) is 3.42. The molecule has 0 spiro atoms. The molecule has 8 heteroatoms. The summed E-state index contributed by atoms with van der Waals surface area (Å²) in [4.78, 5) is 30.3. The molecule has 0 radical (unpaired) electrons. The zero-order valence-corrected chi connectivity index (χ0v) is 15.6. The number of carbonyl (C=O) groups excluding carboxylic acids is 1. The molecule has 1 aromatic carbocycles. The van der Waals surface area contributed by atoms with E-state index < -0.39 is 5.56 Å². The maximum atomic E-state index is 12.8. The standard InChI is InChI=1S/C18H22ClN5O2/c1-22(2)18(26)16(13-6-4-3-5-7-13)24-10-8-23(9-11-24)14-12-20-21-17(25)15(14)19/h3-7,12,16H,8-11H2,1-2H3,(H,21,25). The fourth-order valence-electron chi connectivity index (χ4n) is 3.21. The minimum absolute atomic E-state index is 0.0560. The number of H-pyrrole nitrogens is 1. The zero-order valence-electron chi connectivity index (χ0n) is 14.9. The van der Waals surface area contributed by atoms with Gasteiger partial charge in [0.25, 0.3) is 5.56 Å². The predicted octanol–water partition coefficient (Wildman–Crippen LogP) is 1.37. The van der Waals surface area contributed by atoms with Gasteiger partial charge in [-0.1, -0.05) is 41.9 Å². The van der Waals surface area contributed by atoms with Gasteiger partial charge in [0.15, 0.2) is 0 Å². The van der Waals surface area contributed by atoms with E-state index in [1.807, 2.05) is 35.2 Å². The summed E-state index contributed by atoms with van der Waals surface area (Å²) in [6.07, 6.45) is 1.57. The first-order valence-corrected chi connectivity index (χ1v) is 8.85. The van der Waals surface area contributed by atoms with Gasteiger partial charge in [-0.3, -0.25) is 14.5 Å². The Morgan fingerprint density at radius 3 is 2.46 bits per heavy atom. The van der Waals surface area contributed by atoms with Crippen LogP contribution in [-0.2, 0) is 4.79 Å². The lowest BCUT2D eigenvalue weighted by Crippen LogP contribution is -2.51. The van der Waals surface area contributed by atoms with Crippen molar-refractivity contribution in [2.45, 2.75) is 6.04 Å². The van der Waals surface area contributed by atoms with E-state index in [-0.39, 0.29) is 17.0 Å². The summed E-state index contributed by atoms with van der Waals surface area (Å²) in [6, 6.07) is 9.49. The molecule has 1 saturated heterocycles. The van der Waals surface area contributed by atoms with Crippen LogP contribution in [0.3, 0.4) is 0 Å². The molecular formula is C18H22ClN5O2. The van der Waals surface area contributed by atoms with Crippen molar-refractivity contribution in [2.24, 2.45) is 0 Å². The highest BCUT2D eigenvalue weighted by Crippen LogP contribution is 2.27. The molecule has 0 saturated carbocycles. The zero-order chi connectivity index (χ0) is 18.7. The van der Waals surface area contributed by atoms with E-state index in [1.165, 1.54) is 0 Å². The van der Waals surface area contributed by atoms with Crippen molar-refractivity contribution in [2.75, 3.05) is 45.2 Å². The SMILES string of the molecule is CN(C)C(=O)C(c1ccccc1)N1CCN(c2cn[nH]c(=O)c2Cl)CC1. The van der Waals surface area contributed by atoms with Crippen molar-refractivity contribution in [3.8, 4) is 0 Å². The van der Waals surface area contributed by atoms with E-state index in [9.17, 15) is 9.59 Å². The largest absolute Gasteiger partial charge is 0.366 e. The predicted molar refractivity (Wildman–Crippen MR) is 102 cm³/mol. The van der Waals surface area contributed by atoms with Gasteiger partial charge < -0.3 is 9.80 Å². The lowest BCUT2D eigenvalue weighted by molar-refractivity contribution is -0.134. The summed E-state index contributed by atoms with van der Waals surface area (Å²) >= 11 is 6.11. The first-order chi connectivity index (χ1) is 12.5. The third kappa shape index (κ3) is 3.73. The molecule has 0 aliphatic carbocycles. The van der Waals surface area contributed by atoms with Crippen LogP contribution in [0.4, 0.5) is 5.69 Å². The smallest absolute Gasteiger partial charge is 0.285 e. The Kier molecular flexibility index (Phi) is 5.58. The number of nitrogens with one attached hydrogen (secondary N) is 1. The van der Waals surface area contributed by atoms with Crippen LogP contribution in [0.2, 0.25) is 5.02 Å². The molecule has 138 valence electrons. The molecule has 1 aliphatic heterocycles. The summed E-state index contributed by atoms with van der Waals surface area (Å²) in [5, 5.41) is 6.32. The quantitative estimate of drug-likeness (QED) is 0.874. The molecule has 3 rings (SSSR count). The Labute approximate surface area is 157 Å². The van der Waals surface area contributed by atoms with E-state index >= 15 is 0 Å². The van der Waals surface area contributed by atoms with Gasteiger partial charge in [-0.25, -0.2) is 5.10 Å². The Morgan fingerprint density at radius 2 is 1.85 bits per heavy atom. The Hall–Kier alpha value is -2.38. The monoisotopic (exact) mass is 375 g/mol. The molecule has 1 aliphatic rings. The first kappa shape index (κ1) is 18.4. The van der Waals surface area contributed by atoms with Crippen LogP contribution in [0.5, 0.6) is 0 Å². The molecule has 1 atom stereocenters. The molecule has 1 fully saturated rings. The average Bonchev–Trinajstić information content (AvgIpc) is 2.65. The van der Waals surface area contributed by atoms with Crippen molar-refractivity contribution in [1.82, 2.24) is 20.0 Å². The maximum Gasteiger partial charge on any atom is 0.285 e. The summed E-state index contributed by atoms with van der Waals surface area (Å²) in [7, 11) is 3.55. The van der Waals surface area contributed by atoms with Gasteiger partial charge in [0, 0.05) is 40.3 Å². The second-order valence-corrected chi connectivity index (χ2v) is 6.85. The number of benzene rings is 1. The van der Waals surface area contributed by atoms with Crippen molar-refractivity contribution in [3.63, 3.8) is 0 Å². The molecule has 1 unspecified atom stereocenters. The Bertz CT molecular complexity index is 816. The highest BCUT2D eigenvalue weighted by atomic mass is 35.5. The van der Waals surface area contributed by atoms with E-state index in [0.29, 0.717) is 31.9 Å².